The van der Waals surface area contributed by atoms with E-state index < -0.39 is 0 Å². The van der Waals surface area contributed by atoms with Crippen LogP contribution in [0.1, 0.15) is 37.1 Å². The van der Waals surface area contributed by atoms with Crippen LogP contribution in [0.4, 0.5) is 0 Å². The highest BCUT2D eigenvalue weighted by Crippen LogP contribution is 2.21. The normalized spacial score (nSPS) is 11.6. The molecule has 0 saturated heterocycles. The molecule has 0 aliphatic heterocycles. The second kappa shape index (κ2) is 8.48. The number of nitrogens with one attached hydrogen (secondary N) is 1. The van der Waals surface area contributed by atoms with Crippen molar-refractivity contribution in [3.05, 3.63) is 53.2 Å². The van der Waals surface area contributed by atoms with Crippen LogP contribution in [0.2, 0.25) is 0 Å². The third kappa shape index (κ3) is 3.95. The monoisotopic (exact) mass is 366 g/mol. The van der Waals surface area contributed by atoms with Gasteiger partial charge < -0.3 is 14.0 Å². The minimum Gasteiger partial charge on any atom is -0.325 e. The fourth-order valence-electron chi connectivity index (χ4n) is 3.63. The topological polar surface area (TPSA) is 62.7 Å². The Balaban J connectivity index is 1.90. The summed E-state index contributed by atoms with van der Waals surface area (Å²) in [6.07, 6.45) is 6.53. The van der Waals surface area contributed by atoms with Crippen LogP contribution in [0.3, 0.4) is 0 Å². The predicted octanol–water partition coefficient (Wildman–Crippen LogP) is 3.11. The molecule has 3 aromatic heterocycles. The van der Waals surface area contributed by atoms with Gasteiger partial charge in [0.05, 0.1) is 18.3 Å². The summed E-state index contributed by atoms with van der Waals surface area (Å²) in [5, 5.41) is 9.69. The van der Waals surface area contributed by atoms with Crippen molar-refractivity contribution >= 4 is 11.0 Å². The summed E-state index contributed by atoms with van der Waals surface area (Å²) in [6, 6.07) is 4.03. The number of fused-ring (bicyclic) bond motifs is 1. The Morgan fingerprint density at radius 3 is 2.63 bits per heavy atom. The zero-order valence-electron chi connectivity index (χ0n) is 16.9. The van der Waals surface area contributed by atoms with Crippen molar-refractivity contribution in [1.29, 1.82) is 5.41 Å². The molecule has 3 aromatic rings. The molecule has 144 valence electrons. The van der Waals surface area contributed by atoms with E-state index in [9.17, 15) is 0 Å². The maximum absolute atomic E-state index is 8.73. The van der Waals surface area contributed by atoms with E-state index in [4.69, 9.17) is 10.4 Å². The van der Waals surface area contributed by atoms with Gasteiger partial charge in [0, 0.05) is 24.6 Å². The fraction of sp³-hybridized carbons (Fsp3) is 0.476. The summed E-state index contributed by atoms with van der Waals surface area (Å²) < 4.78 is 4.17. The van der Waals surface area contributed by atoms with E-state index in [1.54, 1.807) is 6.20 Å². The van der Waals surface area contributed by atoms with E-state index in [0.29, 0.717) is 5.49 Å². The highest BCUT2D eigenvalue weighted by Gasteiger charge is 2.15. The lowest BCUT2D eigenvalue weighted by molar-refractivity contribution is 0.292. The molecule has 0 aromatic carbocycles. The van der Waals surface area contributed by atoms with Gasteiger partial charge in [-0.3, -0.25) is 10.4 Å². The zero-order chi connectivity index (χ0) is 19.4. The van der Waals surface area contributed by atoms with E-state index in [1.807, 2.05) is 23.2 Å². The van der Waals surface area contributed by atoms with Crippen molar-refractivity contribution in [2.75, 3.05) is 19.6 Å². The van der Waals surface area contributed by atoms with Crippen LogP contribution < -0.4 is 5.49 Å². The minimum atomic E-state index is 0.560. The van der Waals surface area contributed by atoms with E-state index in [1.165, 1.54) is 0 Å². The van der Waals surface area contributed by atoms with Crippen LogP contribution >= 0.6 is 0 Å². The van der Waals surface area contributed by atoms with Gasteiger partial charge >= 0.3 is 0 Å². The van der Waals surface area contributed by atoms with E-state index in [2.05, 4.69) is 48.2 Å². The third-order valence-electron chi connectivity index (χ3n) is 5.48. The molecule has 0 radical (unpaired) electrons. The van der Waals surface area contributed by atoms with Gasteiger partial charge in [-0.05, 0) is 57.1 Å². The largest absolute Gasteiger partial charge is 0.325 e. The Bertz CT molecular complexity index is 950. The van der Waals surface area contributed by atoms with Gasteiger partial charge in [0.25, 0.3) is 0 Å². The average Bonchev–Trinajstić information content (AvgIpc) is 2.93. The molecule has 0 amide bonds. The maximum atomic E-state index is 8.73. The van der Waals surface area contributed by atoms with Gasteiger partial charge in [0.1, 0.15) is 11.1 Å². The molecule has 0 saturated carbocycles. The Morgan fingerprint density at radius 2 is 1.96 bits per heavy atom. The van der Waals surface area contributed by atoms with Crippen molar-refractivity contribution in [1.82, 2.24) is 24.0 Å². The van der Waals surface area contributed by atoms with Crippen LogP contribution in [0, 0.1) is 19.3 Å². The van der Waals surface area contributed by atoms with E-state index >= 15 is 0 Å². The lowest BCUT2D eigenvalue weighted by Crippen LogP contribution is -2.27. The number of aryl methyl sites for hydroxylation is 2. The molecule has 0 aliphatic rings. The molecule has 0 fully saturated rings. The fourth-order valence-corrected chi connectivity index (χ4v) is 3.63. The Morgan fingerprint density at radius 1 is 1.19 bits per heavy atom. The van der Waals surface area contributed by atoms with Crippen LogP contribution in [-0.2, 0) is 13.1 Å². The van der Waals surface area contributed by atoms with E-state index in [-0.39, 0.29) is 0 Å². The molecule has 3 rings (SSSR count). The first-order chi connectivity index (χ1) is 13.1. The summed E-state index contributed by atoms with van der Waals surface area (Å²) in [5.41, 5.74) is 4.89. The molecule has 0 aliphatic carbocycles. The Kier molecular flexibility index (Phi) is 6.06. The quantitative estimate of drug-likeness (QED) is 0.666. The number of hydrogen-bond donors (Lipinski definition) is 1. The molecular weight excluding hydrogens is 336 g/mol. The average molecular weight is 367 g/mol. The number of hydrogen-bond acceptors (Lipinski definition) is 4. The third-order valence-corrected chi connectivity index (χ3v) is 5.48. The summed E-state index contributed by atoms with van der Waals surface area (Å²) in [7, 11) is 0. The molecule has 0 unspecified atom stereocenters. The Hall–Kier alpha value is -2.47. The van der Waals surface area contributed by atoms with Gasteiger partial charge in [-0.1, -0.05) is 19.9 Å². The van der Waals surface area contributed by atoms with Crippen molar-refractivity contribution in [3.63, 3.8) is 0 Å². The molecule has 0 atom stereocenters. The highest BCUT2D eigenvalue weighted by molar-refractivity contribution is 5.80. The first-order valence-corrected chi connectivity index (χ1v) is 9.77. The smallest absolute Gasteiger partial charge is 0.146 e. The van der Waals surface area contributed by atoms with Crippen LogP contribution in [0.5, 0.6) is 0 Å². The first-order valence-electron chi connectivity index (χ1n) is 9.77. The Labute approximate surface area is 161 Å². The predicted molar refractivity (Wildman–Crippen MR) is 109 cm³/mol. The van der Waals surface area contributed by atoms with Gasteiger partial charge in [0.2, 0.25) is 0 Å². The lowest BCUT2D eigenvalue weighted by atomic mass is 10.2. The maximum Gasteiger partial charge on any atom is 0.146 e. The van der Waals surface area contributed by atoms with Crippen LogP contribution in [0.25, 0.3) is 11.0 Å². The minimum absolute atomic E-state index is 0.560. The number of nitrogens with zero attached hydrogens (tertiary/aromatic N) is 5. The number of rotatable bonds is 8. The van der Waals surface area contributed by atoms with Gasteiger partial charge in [-0.2, -0.15) is 0 Å². The van der Waals surface area contributed by atoms with Crippen LogP contribution in [0.15, 0.2) is 30.9 Å². The van der Waals surface area contributed by atoms with Gasteiger partial charge in [-0.25, -0.2) is 4.98 Å². The summed E-state index contributed by atoms with van der Waals surface area (Å²) in [5.74, 6) is 0. The number of aromatic nitrogens is 4. The van der Waals surface area contributed by atoms with E-state index in [0.717, 1.165) is 67.0 Å². The van der Waals surface area contributed by atoms with Gasteiger partial charge in [-0.15, -0.1) is 0 Å². The highest BCUT2D eigenvalue weighted by atomic mass is 15.1. The zero-order valence-corrected chi connectivity index (χ0v) is 16.9. The van der Waals surface area contributed by atoms with Crippen LogP contribution in [-0.4, -0.2) is 43.6 Å². The summed E-state index contributed by atoms with van der Waals surface area (Å²) in [4.78, 5) is 11.4. The summed E-state index contributed by atoms with van der Waals surface area (Å²) >= 11 is 0. The lowest BCUT2D eigenvalue weighted by Gasteiger charge is -2.18. The second-order valence-electron chi connectivity index (χ2n) is 7.02. The van der Waals surface area contributed by atoms with Crippen molar-refractivity contribution in [2.24, 2.45) is 0 Å². The number of pyridine rings is 1. The molecular formula is C21H30N6. The summed E-state index contributed by atoms with van der Waals surface area (Å²) in [6.45, 7) is 13.3. The van der Waals surface area contributed by atoms with Crippen molar-refractivity contribution < 1.29 is 0 Å². The van der Waals surface area contributed by atoms with Gasteiger partial charge in [0.15, 0.2) is 0 Å². The molecule has 6 nitrogen and oxygen atoms in total. The van der Waals surface area contributed by atoms with Crippen molar-refractivity contribution in [3.8, 4) is 0 Å². The molecule has 0 bridgehead atoms. The first kappa shape index (κ1) is 19.3. The molecule has 3 heterocycles. The molecule has 0 spiro atoms. The molecule has 6 heteroatoms. The van der Waals surface area contributed by atoms with Crippen molar-refractivity contribution in [2.45, 2.75) is 47.2 Å². The SMILES string of the molecule is CCN(CC)CCCn1cnc2c(c(C)c(C)n2Cc2cccnc2)c1=N. The molecule has 1 N–H and O–H groups in total. The second-order valence-corrected chi connectivity index (χ2v) is 7.02. The molecule has 27 heavy (non-hydrogen) atoms. The standard InChI is InChI=1S/C21H30N6/c1-5-25(6-2)11-8-12-26-15-24-21-19(20(26)22)16(3)17(4)27(21)14-18-9-7-10-23-13-18/h7,9-10,13,15,22H,5-6,8,11-12,14H2,1-4H3.